The summed E-state index contributed by atoms with van der Waals surface area (Å²) in [6.07, 6.45) is 1.28. The quantitative estimate of drug-likeness (QED) is 0.557. The number of hydrogen-bond acceptors (Lipinski definition) is 0. The van der Waals surface area contributed by atoms with Gasteiger partial charge in [-0.1, -0.05) is 6.07 Å². The van der Waals surface area contributed by atoms with Crippen LogP contribution in [0.2, 0.25) is 0 Å². The summed E-state index contributed by atoms with van der Waals surface area (Å²) in [5.74, 6) is 0. The predicted molar refractivity (Wildman–Crippen MR) is 56.2 cm³/mol. The molecule has 72 valence electrons. The van der Waals surface area contributed by atoms with E-state index in [9.17, 15) is 0 Å². The van der Waals surface area contributed by atoms with E-state index in [-0.39, 0.29) is 0 Å². The number of nitrogens with zero attached hydrogens (tertiary/aromatic N) is 2. The van der Waals surface area contributed by atoms with Gasteiger partial charge in [-0.05, 0) is 25.5 Å². The summed E-state index contributed by atoms with van der Waals surface area (Å²) in [5.41, 5.74) is 4.16. The molecular formula is C12H15N2+. The second-order valence-electron chi connectivity index (χ2n) is 4.21. The molecule has 2 heterocycles. The van der Waals surface area contributed by atoms with Crippen LogP contribution >= 0.6 is 0 Å². The lowest BCUT2D eigenvalue weighted by Gasteiger charge is -1.91. The third-order valence-electron chi connectivity index (χ3n) is 3.24. The molecule has 0 amide bonds. The molecule has 0 atom stereocenters. The summed E-state index contributed by atoms with van der Waals surface area (Å²) in [6, 6.07) is 6.75. The van der Waals surface area contributed by atoms with Crippen molar-refractivity contribution >= 4 is 10.9 Å². The molecule has 0 saturated carbocycles. The highest BCUT2D eigenvalue weighted by Crippen LogP contribution is 2.20. The highest BCUT2D eigenvalue weighted by atomic mass is 15.4. The van der Waals surface area contributed by atoms with Crippen molar-refractivity contribution < 1.29 is 4.68 Å². The lowest BCUT2D eigenvalue weighted by molar-refractivity contribution is -0.735. The molecule has 1 aromatic heterocycles. The molecule has 2 nitrogen and oxygen atoms in total. The molecule has 0 unspecified atom stereocenters. The Morgan fingerprint density at radius 2 is 2.14 bits per heavy atom. The zero-order chi connectivity index (χ0) is 9.71. The van der Waals surface area contributed by atoms with Crippen molar-refractivity contribution in [1.82, 2.24) is 4.68 Å². The van der Waals surface area contributed by atoms with Crippen LogP contribution in [-0.2, 0) is 13.1 Å². The molecular weight excluding hydrogens is 172 g/mol. The Bertz CT molecular complexity index is 509. The molecule has 2 aromatic rings. The first kappa shape index (κ1) is 8.04. The fraction of sp³-hybridized carbons (Fsp3) is 0.417. The topological polar surface area (TPSA) is 8.81 Å². The van der Waals surface area contributed by atoms with Crippen molar-refractivity contribution in [2.75, 3.05) is 0 Å². The number of aromatic nitrogens is 2. The number of benzene rings is 1. The molecule has 0 bridgehead atoms. The Morgan fingerprint density at radius 3 is 3.00 bits per heavy atom. The van der Waals surface area contributed by atoms with E-state index >= 15 is 0 Å². The van der Waals surface area contributed by atoms with Crippen LogP contribution in [0, 0.1) is 13.8 Å². The van der Waals surface area contributed by atoms with E-state index in [0.29, 0.717) is 0 Å². The fourth-order valence-corrected chi connectivity index (χ4v) is 2.51. The Balaban J connectivity index is 2.45. The van der Waals surface area contributed by atoms with Gasteiger partial charge in [-0.15, -0.1) is 4.68 Å². The van der Waals surface area contributed by atoms with Gasteiger partial charge in [-0.3, -0.25) is 0 Å². The van der Waals surface area contributed by atoms with Crippen LogP contribution in [0.4, 0.5) is 0 Å². The summed E-state index contributed by atoms with van der Waals surface area (Å²) in [4.78, 5) is 0. The summed E-state index contributed by atoms with van der Waals surface area (Å²) in [6.45, 7) is 6.74. The van der Waals surface area contributed by atoms with Gasteiger partial charge >= 0.3 is 0 Å². The van der Waals surface area contributed by atoms with Gasteiger partial charge in [-0.25, -0.2) is 0 Å². The highest BCUT2D eigenvalue weighted by Gasteiger charge is 2.25. The summed E-state index contributed by atoms with van der Waals surface area (Å²) < 4.78 is 4.81. The van der Waals surface area contributed by atoms with E-state index in [1.165, 1.54) is 41.7 Å². The van der Waals surface area contributed by atoms with Crippen LogP contribution < -0.4 is 4.68 Å². The Kier molecular flexibility index (Phi) is 1.49. The van der Waals surface area contributed by atoms with Crippen molar-refractivity contribution in [3.05, 3.63) is 29.5 Å². The van der Waals surface area contributed by atoms with E-state index in [1.54, 1.807) is 0 Å². The molecule has 1 aliphatic heterocycles. The van der Waals surface area contributed by atoms with Crippen LogP contribution in [0.25, 0.3) is 10.9 Å². The molecule has 0 aliphatic carbocycles. The van der Waals surface area contributed by atoms with Gasteiger partial charge in [0.25, 0.3) is 0 Å². The second kappa shape index (κ2) is 2.59. The SMILES string of the molecule is Cc1ccc2c(c1)c(C)n1[n+]2CCC1. The third-order valence-corrected chi connectivity index (χ3v) is 3.24. The maximum atomic E-state index is 2.41. The van der Waals surface area contributed by atoms with E-state index in [2.05, 4.69) is 41.4 Å². The monoisotopic (exact) mass is 187 g/mol. The van der Waals surface area contributed by atoms with Crippen LogP contribution in [0.3, 0.4) is 0 Å². The lowest BCUT2D eigenvalue weighted by Crippen LogP contribution is -2.37. The van der Waals surface area contributed by atoms with Gasteiger partial charge in [-0.2, -0.15) is 4.68 Å². The van der Waals surface area contributed by atoms with Gasteiger partial charge in [0, 0.05) is 12.5 Å². The lowest BCUT2D eigenvalue weighted by atomic mass is 10.1. The fourth-order valence-electron chi connectivity index (χ4n) is 2.51. The Morgan fingerprint density at radius 1 is 1.29 bits per heavy atom. The first-order chi connectivity index (χ1) is 6.77. The van der Waals surface area contributed by atoms with E-state index < -0.39 is 0 Å². The van der Waals surface area contributed by atoms with Gasteiger partial charge in [0.2, 0.25) is 5.52 Å². The molecule has 0 radical (unpaired) electrons. The van der Waals surface area contributed by atoms with Gasteiger partial charge in [0.1, 0.15) is 0 Å². The molecule has 2 heteroatoms. The molecule has 0 fully saturated rings. The number of fused-ring (bicyclic) bond motifs is 3. The minimum absolute atomic E-state index is 1.17. The molecule has 0 N–H and O–H groups in total. The van der Waals surface area contributed by atoms with Gasteiger partial charge in [0.15, 0.2) is 6.54 Å². The largest absolute Gasteiger partial charge is 0.238 e. The van der Waals surface area contributed by atoms with Crippen LogP contribution in [0.5, 0.6) is 0 Å². The Hall–Kier alpha value is -1.31. The van der Waals surface area contributed by atoms with Crippen molar-refractivity contribution in [2.45, 2.75) is 33.4 Å². The second-order valence-corrected chi connectivity index (χ2v) is 4.21. The summed E-state index contributed by atoms with van der Waals surface area (Å²) in [5, 5.41) is 1.42. The van der Waals surface area contributed by atoms with Crippen molar-refractivity contribution in [2.24, 2.45) is 0 Å². The summed E-state index contributed by atoms with van der Waals surface area (Å²) in [7, 11) is 0. The minimum atomic E-state index is 1.17. The predicted octanol–water partition coefficient (Wildman–Crippen LogP) is 1.95. The molecule has 1 aliphatic rings. The highest BCUT2D eigenvalue weighted by molar-refractivity contribution is 5.79. The number of hydrogen-bond donors (Lipinski definition) is 0. The van der Waals surface area contributed by atoms with Gasteiger partial charge in [0.05, 0.1) is 17.6 Å². The normalized spacial score (nSPS) is 15.0. The molecule has 0 saturated heterocycles. The average molecular weight is 187 g/mol. The van der Waals surface area contributed by atoms with Crippen molar-refractivity contribution in [3.63, 3.8) is 0 Å². The minimum Gasteiger partial charge on any atom is -0.157 e. The first-order valence-electron chi connectivity index (χ1n) is 5.27. The third kappa shape index (κ3) is 0.884. The summed E-state index contributed by atoms with van der Waals surface area (Å²) >= 11 is 0. The standard InChI is InChI=1S/C12H15N2/c1-9-4-5-12-11(8-9)10(2)13-6-3-7-14(12)13/h4-5,8H,3,6-7H2,1-2H3/q+1. The smallest absolute Gasteiger partial charge is 0.157 e. The molecule has 1 aromatic carbocycles. The van der Waals surface area contributed by atoms with E-state index in [4.69, 9.17) is 0 Å². The number of aryl methyl sites for hydroxylation is 3. The molecule has 3 rings (SSSR count). The molecule has 14 heavy (non-hydrogen) atoms. The van der Waals surface area contributed by atoms with E-state index in [0.717, 1.165) is 0 Å². The van der Waals surface area contributed by atoms with E-state index in [1.807, 2.05) is 0 Å². The van der Waals surface area contributed by atoms with Crippen LogP contribution in [-0.4, -0.2) is 4.68 Å². The van der Waals surface area contributed by atoms with Gasteiger partial charge < -0.3 is 0 Å². The maximum Gasteiger partial charge on any atom is 0.238 e. The Labute approximate surface area is 83.7 Å². The average Bonchev–Trinajstić information content (AvgIpc) is 2.72. The zero-order valence-corrected chi connectivity index (χ0v) is 8.75. The molecule has 0 spiro atoms. The maximum absolute atomic E-state index is 2.41. The van der Waals surface area contributed by atoms with Crippen molar-refractivity contribution in [3.8, 4) is 0 Å². The van der Waals surface area contributed by atoms with Crippen LogP contribution in [0.15, 0.2) is 18.2 Å². The van der Waals surface area contributed by atoms with Crippen molar-refractivity contribution in [1.29, 1.82) is 0 Å². The number of rotatable bonds is 0. The first-order valence-corrected chi connectivity index (χ1v) is 5.27. The zero-order valence-electron chi connectivity index (χ0n) is 8.75. The van der Waals surface area contributed by atoms with Crippen LogP contribution in [0.1, 0.15) is 17.7 Å².